The van der Waals surface area contributed by atoms with Crippen molar-refractivity contribution in [3.63, 3.8) is 0 Å². The molecule has 0 saturated carbocycles. The van der Waals surface area contributed by atoms with Crippen LogP contribution in [0.5, 0.6) is 11.5 Å². The van der Waals surface area contributed by atoms with Crippen molar-refractivity contribution in [3.05, 3.63) is 59.2 Å². The fourth-order valence-corrected chi connectivity index (χ4v) is 3.18. The highest BCUT2D eigenvalue weighted by atomic mass is 127. The average Bonchev–Trinajstić information content (AvgIpc) is 2.68. The van der Waals surface area contributed by atoms with Gasteiger partial charge in [0.1, 0.15) is 0 Å². The van der Waals surface area contributed by atoms with Gasteiger partial charge in [-0.3, -0.25) is 4.99 Å². The zero-order valence-electron chi connectivity index (χ0n) is 15.5. The number of guanidine groups is 1. The number of hydrogen-bond acceptors (Lipinski definition) is 3. The first-order valence-corrected chi connectivity index (χ1v) is 8.48. The predicted octanol–water partition coefficient (Wildman–Crippen LogP) is 3.46. The molecule has 2 aromatic carbocycles. The van der Waals surface area contributed by atoms with E-state index in [9.17, 15) is 0 Å². The lowest BCUT2D eigenvalue weighted by molar-refractivity contribution is 0.354. The fraction of sp³-hybridized carbons (Fsp3) is 0.350. The van der Waals surface area contributed by atoms with E-state index in [1.165, 1.54) is 11.1 Å². The minimum atomic E-state index is 0. The minimum absolute atomic E-state index is 0. The molecule has 1 heterocycles. The molecular formula is C20H26IN3O2. The zero-order chi connectivity index (χ0) is 17.6. The first-order valence-electron chi connectivity index (χ1n) is 8.48. The number of methoxy groups -OCH3 is 2. The summed E-state index contributed by atoms with van der Waals surface area (Å²) in [6, 6.07) is 14.6. The van der Waals surface area contributed by atoms with Crippen LogP contribution < -0.4 is 14.8 Å². The number of hydrogen-bond donors (Lipinski definition) is 1. The van der Waals surface area contributed by atoms with Gasteiger partial charge in [0.05, 0.1) is 14.2 Å². The number of benzene rings is 2. The van der Waals surface area contributed by atoms with Crippen LogP contribution in [0.15, 0.2) is 47.5 Å². The molecule has 0 saturated heterocycles. The van der Waals surface area contributed by atoms with Crippen molar-refractivity contribution in [2.45, 2.75) is 19.5 Å². The monoisotopic (exact) mass is 467 g/mol. The third kappa shape index (κ3) is 4.60. The lowest BCUT2D eigenvalue weighted by Crippen LogP contribution is -2.43. The molecule has 0 spiro atoms. The van der Waals surface area contributed by atoms with Gasteiger partial charge >= 0.3 is 0 Å². The van der Waals surface area contributed by atoms with Gasteiger partial charge in [-0.1, -0.05) is 30.3 Å². The van der Waals surface area contributed by atoms with Crippen LogP contribution in [0.4, 0.5) is 0 Å². The lowest BCUT2D eigenvalue weighted by atomic mass is 10.0. The van der Waals surface area contributed by atoms with Crippen molar-refractivity contribution in [2.75, 3.05) is 27.8 Å². The number of halogens is 1. The maximum atomic E-state index is 5.37. The largest absolute Gasteiger partial charge is 0.493 e. The van der Waals surface area contributed by atoms with Crippen LogP contribution in [-0.2, 0) is 19.5 Å². The van der Waals surface area contributed by atoms with Crippen molar-refractivity contribution in [3.8, 4) is 11.5 Å². The number of nitrogens with one attached hydrogen (secondary N) is 1. The first-order chi connectivity index (χ1) is 12.2. The van der Waals surface area contributed by atoms with Gasteiger partial charge < -0.3 is 19.7 Å². The standard InChI is InChI=1S/C20H25N3O2.HI/c1-21-20(23-11-10-16-6-4-5-7-17(16)14-23)22-13-15-8-9-18(24-2)19(12-15)25-3;/h4-9,12H,10-11,13-14H2,1-3H3,(H,21,22);1H. The average molecular weight is 467 g/mol. The third-order valence-corrected chi connectivity index (χ3v) is 4.54. The van der Waals surface area contributed by atoms with Crippen molar-refractivity contribution >= 4 is 29.9 Å². The fourth-order valence-electron chi connectivity index (χ4n) is 3.18. The first kappa shape index (κ1) is 20.4. The SMILES string of the molecule is CN=C(NCc1ccc(OC)c(OC)c1)N1CCc2ccccc2C1.I. The van der Waals surface area contributed by atoms with Crippen LogP contribution in [0.1, 0.15) is 16.7 Å². The van der Waals surface area contributed by atoms with Crippen LogP contribution in [0.3, 0.4) is 0 Å². The lowest BCUT2D eigenvalue weighted by Gasteiger charge is -2.31. The molecule has 1 aliphatic heterocycles. The molecule has 0 atom stereocenters. The normalized spacial score (nSPS) is 13.5. The van der Waals surface area contributed by atoms with E-state index in [2.05, 4.69) is 39.5 Å². The summed E-state index contributed by atoms with van der Waals surface area (Å²) in [5.74, 6) is 2.40. The van der Waals surface area contributed by atoms with Gasteiger partial charge in [-0.2, -0.15) is 0 Å². The number of nitrogens with zero attached hydrogens (tertiary/aromatic N) is 2. The highest BCUT2D eigenvalue weighted by Crippen LogP contribution is 2.27. The van der Waals surface area contributed by atoms with Crippen molar-refractivity contribution in [2.24, 2.45) is 4.99 Å². The van der Waals surface area contributed by atoms with Crippen molar-refractivity contribution in [1.29, 1.82) is 0 Å². The molecule has 0 amide bonds. The van der Waals surface area contributed by atoms with Gasteiger partial charge in [-0.05, 0) is 35.2 Å². The molecule has 0 bridgehead atoms. The molecule has 0 aromatic heterocycles. The van der Waals surface area contributed by atoms with Gasteiger partial charge in [-0.15, -0.1) is 24.0 Å². The molecule has 0 unspecified atom stereocenters. The second kappa shape index (κ2) is 9.66. The Morgan fingerprint density at radius 3 is 2.50 bits per heavy atom. The number of ether oxygens (including phenoxy) is 2. The number of rotatable bonds is 4. The van der Waals surface area contributed by atoms with E-state index in [0.29, 0.717) is 6.54 Å². The second-order valence-corrected chi connectivity index (χ2v) is 6.03. The molecular weight excluding hydrogens is 441 g/mol. The molecule has 1 aliphatic rings. The van der Waals surface area contributed by atoms with E-state index in [1.807, 2.05) is 25.2 Å². The van der Waals surface area contributed by atoms with E-state index in [1.54, 1.807) is 14.2 Å². The smallest absolute Gasteiger partial charge is 0.194 e. The van der Waals surface area contributed by atoms with Crippen LogP contribution in [0.25, 0.3) is 0 Å². The van der Waals surface area contributed by atoms with E-state index >= 15 is 0 Å². The molecule has 140 valence electrons. The Kier molecular flexibility index (Phi) is 7.56. The Bertz CT molecular complexity index is 764. The Morgan fingerprint density at radius 2 is 1.81 bits per heavy atom. The highest BCUT2D eigenvalue weighted by molar-refractivity contribution is 14.0. The van der Waals surface area contributed by atoms with Crippen LogP contribution in [0, 0.1) is 0 Å². The number of aliphatic imine (C=N–C) groups is 1. The van der Waals surface area contributed by atoms with Gasteiger partial charge in [0.2, 0.25) is 0 Å². The second-order valence-electron chi connectivity index (χ2n) is 6.03. The van der Waals surface area contributed by atoms with E-state index in [4.69, 9.17) is 9.47 Å². The third-order valence-electron chi connectivity index (χ3n) is 4.54. The van der Waals surface area contributed by atoms with Crippen LogP contribution in [0.2, 0.25) is 0 Å². The highest BCUT2D eigenvalue weighted by Gasteiger charge is 2.18. The minimum Gasteiger partial charge on any atom is -0.493 e. The Labute approximate surface area is 172 Å². The summed E-state index contributed by atoms with van der Waals surface area (Å²) in [5, 5.41) is 3.45. The van der Waals surface area contributed by atoms with Crippen LogP contribution >= 0.6 is 24.0 Å². The summed E-state index contributed by atoms with van der Waals surface area (Å²) in [6.07, 6.45) is 1.05. The Hall–Kier alpha value is -1.96. The van der Waals surface area contributed by atoms with Gasteiger partial charge in [0.15, 0.2) is 17.5 Å². The van der Waals surface area contributed by atoms with Crippen molar-refractivity contribution < 1.29 is 9.47 Å². The molecule has 26 heavy (non-hydrogen) atoms. The summed E-state index contributed by atoms with van der Waals surface area (Å²) >= 11 is 0. The summed E-state index contributed by atoms with van der Waals surface area (Å²) in [6.45, 7) is 2.55. The van der Waals surface area contributed by atoms with Crippen LogP contribution in [-0.4, -0.2) is 38.7 Å². The molecule has 1 N–H and O–H groups in total. The summed E-state index contributed by atoms with van der Waals surface area (Å²) in [4.78, 5) is 6.75. The summed E-state index contributed by atoms with van der Waals surface area (Å²) in [5.41, 5.74) is 3.94. The zero-order valence-corrected chi connectivity index (χ0v) is 17.8. The molecule has 0 aliphatic carbocycles. The maximum Gasteiger partial charge on any atom is 0.194 e. The topological polar surface area (TPSA) is 46.1 Å². The van der Waals surface area contributed by atoms with Gasteiger partial charge in [0, 0.05) is 26.7 Å². The molecule has 5 nitrogen and oxygen atoms in total. The summed E-state index contributed by atoms with van der Waals surface area (Å²) in [7, 11) is 5.13. The van der Waals surface area contributed by atoms with Crippen molar-refractivity contribution in [1.82, 2.24) is 10.2 Å². The molecule has 3 rings (SSSR count). The predicted molar refractivity (Wildman–Crippen MR) is 116 cm³/mol. The van der Waals surface area contributed by atoms with Gasteiger partial charge in [0.25, 0.3) is 0 Å². The maximum absolute atomic E-state index is 5.37. The van der Waals surface area contributed by atoms with E-state index in [0.717, 1.165) is 42.5 Å². The molecule has 0 fully saturated rings. The molecule has 0 radical (unpaired) electrons. The van der Waals surface area contributed by atoms with E-state index < -0.39 is 0 Å². The molecule has 2 aromatic rings. The molecule has 6 heteroatoms. The Balaban J connectivity index is 0.00000243. The quantitative estimate of drug-likeness (QED) is 0.425. The van der Waals surface area contributed by atoms with Gasteiger partial charge in [-0.25, -0.2) is 0 Å². The summed E-state index contributed by atoms with van der Waals surface area (Å²) < 4.78 is 10.7. The Morgan fingerprint density at radius 1 is 1.08 bits per heavy atom. The number of fused-ring (bicyclic) bond motifs is 1. The van der Waals surface area contributed by atoms with E-state index in [-0.39, 0.29) is 24.0 Å².